The van der Waals surface area contributed by atoms with Crippen LogP contribution < -0.4 is 5.32 Å². The van der Waals surface area contributed by atoms with Gasteiger partial charge < -0.3 is 5.32 Å². The SMILES string of the molecule is O=S(=O)(Cc1ccccc1)N(CC1CC1)CC1CCCN1. The summed E-state index contributed by atoms with van der Waals surface area (Å²) >= 11 is 0. The molecule has 1 heterocycles. The van der Waals surface area contributed by atoms with Gasteiger partial charge in [0.15, 0.2) is 0 Å². The van der Waals surface area contributed by atoms with Crippen LogP contribution in [0.4, 0.5) is 0 Å². The van der Waals surface area contributed by atoms with Crippen molar-refractivity contribution in [2.75, 3.05) is 19.6 Å². The monoisotopic (exact) mass is 308 g/mol. The highest BCUT2D eigenvalue weighted by Gasteiger charge is 2.32. The minimum atomic E-state index is -3.22. The molecular formula is C16H24N2O2S. The average Bonchev–Trinajstić information content (AvgIpc) is 3.12. The Morgan fingerprint density at radius 2 is 1.86 bits per heavy atom. The van der Waals surface area contributed by atoms with Crippen molar-refractivity contribution in [1.82, 2.24) is 9.62 Å². The van der Waals surface area contributed by atoms with Crippen molar-refractivity contribution in [2.45, 2.75) is 37.5 Å². The zero-order chi connectivity index (χ0) is 14.7. The zero-order valence-electron chi connectivity index (χ0n) is 12.4. The fourth-order valence-electron chi connectivity index (χ4n) is 2.92. The van der Waals surface area contributed by atoms with Crippen molar-refractivity contribution < 1.29 is 8.42 Å². The van der Waals surface area contributed by atoms with Gasteiger partial charge in [0.1, 0.15) is 0 Å². The molecule has 21 heavy (non-hydrogen) atoms. The molecule has 1 N–H and O–H groups in total. The summed E-state index contributed by atoms with van der Waals surface area (Å²) in [5.74, 6) is 0.699. The second-order valence-electron chi connectivity index (χ2n) is 6.30. The van der Waals surface area contributed by atoms with Gasteiger partial charge in [0.25, 0.3) is 0 Å². The summed E-state index contributed by atoms with van der Waals surface area (Å²) in [6.45, 7) is 2.35. The Labute approximate surface area is 127 Å². The Hall–Kier alpha value is -0.910. The molecule has 3 rings (SSSR count). The van der Waals surface area contributed by atoms with Crippen molar-refractivity contribution >= 4 is 10.0 Å². The van der Waals surface area contributed by atoms with Crippen LogP contribution in [0, 0.1) is 5.92 Å². The molecule has 1 saturated carbocycles. The normalized spacial score (nSPS) is 22.8. The summed E-state index contributed by atoms with van der Waals surface area (Å²) in [7, 11) is -3.22. The molecule has 1 aliphatic heterocycles. The third-order valence-corrected chi connectivity index (χ3v) is 6.11. The molecule has 0 radical (unpaired) electrons. The fourth-order valence-corrected chi connectivity index (χ4v) is 4.57. The average molecular weight is 308 g/mol. The first kappa shape index (κ1) is 15.0. The van der Waals surface area contributed by atoms with Gasteiger partial charge >= 0.3 is 0 Å². The fraction of sp³-hybridized carbons (Fsp3) is 0.625. The molecule has 0 spiro atoms. The van der Waals surface area contributed by atoms with E-state index in [2.05, 4.69) is 5.32 Å². The van der Waals surface area contributed by atoms with Crippen molar-refractivity contribution in [3.8, 4) is 0 Å². The van der Waals surface area contributed by atoms with Gasteiger partial charge in [0.2, 0.25) is 10.0 Å². The quantitative estimate of drug-likeness (QED) is 0.838. The second-order valence-corrected chi connectivity index (χ2v) is 8.26. The smallest absolute Gasteiger partial charge is 0.218 e. The Morgan fingerprint density at radius 1 is 1.10 bits per heavy atom. The number of hydrogen-bond acceptors (Lipinski definition) is 3. The van der Waals surface area contributed by atoms with Gasteiger partial charge in [-0.15, -0.1) is 0 Å². The molecule has 2 fully saturated rings. The molecule has 1 atom stereocenters. The van der Waals surface area contributed by atoms with E-state index in [1.807, 2.05) is 30.3 Å². The molecule has 1 aromatic carbocycles. The van der Waals surface area contributed by atoms with Crippen molar-refractivity contribution in [1.29, 1.82) is 0 Å². The van der Waals surface area contributed by atoms with Gasteiger partial charge in [-0.05, 0) is 43.7 Å². The summed E-state index contributed by atoms with van der Waals surface area (Å²) in [5.41, 5.74) is 0.873. The van der Waals surface area contributed by atoms with E-state index < -0.39 is 10.0 Å². The van der Waals surface area contributed by atoms with Crippen molar-refractivity contribution in [3.05, 3.63) is 35.9 Å². The van der Waals surface area contributed by atoms with Crippen molar-refractivity contribution in [2.24, 2.45) is 5.92 Å². The minimum absolute atomic E-state index is 0.118. The summed E-state index contributed by atoms with van der Waals surface area (Å²) in [6.07, 6.45) is 4.59. The standard InChI is InChI=1S/C16H24N2O2S/c19-21(20,13-15-5-2-1-3-6-15)18(11-14-8-9-14)12-16-7-4-10-17-16/h1-3,5-6,14,16-17H,4,7-13H2. The lowest BCUT2D eigenvalue weighted by atomic mass is 10.2. The van der Waals surface area contributed by atoms with Crippen LogP contribution in [0.2, 0.25) is 0 Å². The van der Waals surface area contributed by atoms with E-state index >= 15 is 0 Å². The summed E-state index contributed by atoms with van der Waals surface area (Å²) in [4.78, 5) is 0. The Kier molecular flexibility index (Phi) is 4.62. The lowest BCUT2D eigenvalue weighted by molar-refractivity contribution is 0.358. The van der Waals surface area contributed by atoms with E-state index in [1.54, 1.807) is 4.31 Å². The number of hydrogen-bond donors (Lipinski definition) is 1. The highest BCUT2D eigenvalue weighted by molar-refractivity contribution is 7.88. The molecule has 1 saturated heterocycles. The van der Waals surface area contributed by atoms with Gasteiger partial charge in [0, 0.05) is 19.1 Å². The number of benzene rings is 1. The van der Waals surface area contributed by atoms with Gasteiger partial charge in [-0.2, -0.15) is 4.31 Å². The minimum Gasteiger partial charge on any atom is -0.313 e. The topological polar surface area (TPSA) is 49.4 Å². The van der Waals surface area contributed by atoms with Crippen LogP contribution >= 0.6 is 0 Å². The van der Waals surface area contributed by atoms with Crippen LogP contribution in [0.5, 0.6) is 0 Å². The predicted molar refractivity (Wildman–Crippen MR) is 84.4 cm³/mol. The van der Waals surface area contributed by atoms with E-state index in [1.165, 1.54) is 12.8 Å². The molecule has 116 valence electrons. The molecule has 5 heteroatoms. The Morgan fingerprint density at radius 3 is 2.48 bits per heavy atom. The first-order valence-corrected chi connectivity index (χ1v) is 9.49. The first-order valence-electron chi connectivity index (χ1n) is 7.88. The van der Waals surface area contributed by atoms with E-state index in [0.717, 1.165) is 24.9 Å². The molecule has 0 aromatic heterocycles. The third-order valence-electron chi connectivity index (χ3n) is 4.33. The van der Waals surface area contributed by atoms with Gasteiger partial charge in [-0.3, -0.25) is 0 Å². The largest absolute Gasteiger partial charge is 0.313 e. The van der Waals surface area contributed by atoms with Crippen molar-refractivity contribution in [3.63, 3.8) is 0 Å². The molecule has 1 aliphatic carbocycles. The maximum absolute atomic E-state index is 12.7. The molecule has 2 aliphatic rings. The highest BCUT2D eigenvalue weighted by Crippen LogP contribution is 2.31. The van der Waals surface area contributed by atoms with E-state index in [0.29, 0.717) is 25.0 Å². The predicted octanol–water partition coefficient (Wildman–Crippen LogP) is 1.98. The maximum Gasteiger partial charge on any atom is 0.218 e. The van der Waals surface area contributed by atoms with E-state index in [9.17, 15) is 8.42 Å². The van der Waals surface area contributed by atoms with E-state index in [4.69, 9.17) is 0 Å². The lowest BCUT2D eigenvalue weighted by Gasteiger charge is -2.25. The number of sulfonamides is 1. The van der Waals surface area contributed by atoms with Crippen LogP contribution in [0.3, 0.4) is 0 Å². The maximum atomic E-state index is 12.7. The van der Waals surface area contributed by atoms with Crippen LogP contribution in [0.15, 0.2) is 30.3 Å². The molecular weight excluding hydrogens is 284 g/mol. The Bertz CT molecular complexity index is 549. The second kappa shape index (κ2) is 6.46. The summed E-state index contributed by atoms with van der Waals surface area (Å²) in [5, 5.41) is 3.41. The van der Waals surface area contributed by atoms with Crippen LogP contribution in [-0.2, 0) is 15.8 Å². The highest BCUT2D eigenvalue weighted by atomic mass is 32.2. The Balaban J connectivity index is 1.70. The third kappa shape index (κ3) is 4.28. The zero-order valence-corrected chi connectivity index (χ0v) is 13.2. The number of nitrogens with one attached hydrogen (secondary N) is 1. The lowest BCUT2D eigenvalue weighted by Crippen LogP contribution is -2.42. The first-order chi connectivity index (χ1) is 10.1. The molecule has 1 unspecified atom stereocenters. The molecule has 0 amide bonds. The number of rotatable bonds is 7. The molecule has 4 nitrogen and oxygen atoms in total. The number of nitrogens with zero attached hydrogens (tertiary/aromatic N) is 1. The van der Waals surface area contributed by atoms with Crippen LogP contribution in [0.1, 0.15) is 31.2 Å². The van der Waals surface area contributed by atoms with Crippen LogP contribution in [-0.4, -0.2) is 38.4 Å². The van der Waals surface area contributed by atoms with Gasteiger partial charge in [-0.1, -0.05) is 30.3 Å². The molecule has 1 aromatic rings. The van der Waals surface area contributed by atoms with E-state index in [-0.39, 0.29) is 5.75 Å². The van der Waals surface area contributed by atoms with Crippen LogP contribution in [0.25, 0.3) is 0 Å². The summed E-state index contributed by atoms with van der Waals surface area (Å²) < 4.78 is 27.2. The van der Waals surface area contributed by atoms with Gasteiger partial charge in [-0.25, -0.2) is 8.42 Å². The molecule has 0 bridgehead atoms. The van der Waals surface area contributed by atoms with Gasteiger partial charge in [0.05, 0.1) is 5.75 Å². The summed E-state index contributed by atoms with van der Waals surface area (Å²) in [6, 6.07) is 9.82.